The number of aryl methyl sites for hydroxylation is 1. The summed E-state index contributed by atoms with van der Waals surface area (Å²) >= 11 is 0. The van der Waals surface area contributed by atoms with Crippen LogP contribution in [0.4, 0.5) is 0 Å². The zero-order chi connectivity index (χ0) is 15.7. The lowest BCUT2D eigenvalue weighted by molar-refractivity contribution is -0.697. The molecule has 0 atom stereocenters. The molecule has 134 valence electrons. The van der Waals surface area contributed by atoms with Gasteiger partial charge < -0.3 is 7.43 Å². The molecule has 0 bridgehead atoms. The molecule has 1 nitrogen and oxygen atoms in total. The minimum atomic E-state index is 0. The van der Waals surface area contributed by atoms with Crippen molar-refractivity contribution in [2.45, 2.75) is 103 Å². The van der Waals surface area contributed by atoms with Crippen LogP contribution >= 0.6 is 0 Å². The van der Waals surface area contributed by atoms with Crippen LogP contribution in [0.2, 0.25) is 0 Å². The van der Waals surface area contributed by atoms with Gasteiger partial charge in [-0.25, -0.2) is 4.57 Å². The van der Waals surface area contributed by atoms with E-state index in [4.69, 9.17) is 0 Å². The van der Waals surface area contributed by atoms with Gasteiger partial charge in [-0.2, -0.15) is 0 Å². The molecule has 0 unspecified atom stereocenters. The van der Waals surface area contributed by atoms with Crippen LogP contribution in [0.5, 0.6) is 0 Å². The Morgan fingerprint density at radius 2 is 0.913 bits per heavy atom. The van der Waals surface area contributed by atoms with E-state index < -0.39 is 0 Å². The molecule has 0 saturated heterocycles. The van der Waals surface area contributed by atoms with Crippen molar-refractivity contribution < 1.29 is 4.57 Å². The van der Waals surface area contributed by atoms with Crippen LogP contribution in [0.1, 0.15) is 96.8 Å². The summed E-state index contributed by atoms with van der Waals surface area (Å²) in [5.74, 6) is 0. The first kappa shape index (κ1) is 22.1. The van der Waals surface area contributed by atoms with Gasteiger partial charge in [0.2, 0.25) is 0 Å². The predicted molar refractivity (Wildman–Crippen MR) is 103 cm³/mol. The van der Waals surface area contributed by atoms with Crippen LogP contribution in [-0.4, -0.2) is 0 Å². The number of aromatic nitrogens is 1. The third-order valence-corrected chi connectivity index (χ3v) is 4.55. The van der Waals surface area contributed by atoms with E-state index in [2.05, 4.69) is 42.1 Å². The molecule has 0 amide bonds. The maximum Gasteiger partial charge on any atom is 0.168 e. The maximum absolute atomic E-state index is 2.29. The normalized spacial score (nSPS) is 10.5. The molecule has 0 saturated carbocycles. The highest BCUT2D eigenvalue weighted by Gasteiger charge is 1.98. The second kappa shape index (κ2) is 17.5. The lowest BCUT2D eigenvalue weighted by Crippen LogP contribution is -2.32. The van der Waals surface area contributed by atoms with Crippen molar-refractivity contribution in [3.05, 3.63) is 38.0 Å². The first-order chi connectivity index (χ1) is 10.9. The highest BCUT2D eigenvalue weighted by molar-refractivity contribution is 4.83. The number of rotatable bonds is 15. The summed E-state index contributed by atoms with van der Waals surface area (Å²) in [6, 6.07) is 6.31. The van der Waals surface area contributed by atoms with Crippen molar-refractivity contribution in [2.24, 2.45) is 0 Å². The Hall–Kier alpha value is -0.850. The molecular weight excluding hydrogens is 278 g/mol. The van der Waals surface area contributed by atoms with Gasteiger partial charge in [-0.1, -0.05) is 90.0 Å². The zero-order valence-electron chi connectivity index (χ0n) is 15.9. The number of unbranched alkanes of at least 4 members (excludes halogenated alkanes) is 13. The zero-order valence-corrected chi connectivity index (χ0v) is 15.9. The molecule has 0 aliphatic heterocycles. The lowest BCUT2D eigenvalue weighted by Gasteiger charge is -2.02. The molecule has 0 spiro atoms. The van der Waals surface area contributed by atoms with Crippen LogP contribution in [-0.2, 0) is 6.54 Å². The van der Waals surface area contributed by atoms with E-state index in [1.807, 2.05) is 0 Å². The van der Waals surface area contributed by atoms with Gasteiger partial charge in [-0.3, -0.25) is 0 Å². The molecule has 0 aromatic carbocycles. The minimum absolute atomic E-state index is 0. The fourth-order valence-corrected chi connectivity index (χ4v) is 3.07. The Morgan fingerprint density at radius 1 is 0.522 bits per heavy atom. The Morgan fingerprint density at radius 3 is 1.35 bits per heavy atom. The van der Waals surface area contributed by atoms with Gasteiger partial charge in [0.15, 0.2) is 12.4 Å². The SMILES string of the molecule is CCCCCCCCCCCCCCCC[n+]1ccccc1.[CH3-]. The number of pyridine rings is 1. The van der Waals surface area contributed by atoms with E-state index in [-0.39, 0.29) is 7.43 Å². The summed E-state index contributed by atoms with van der Waals surface area (Å²) in [6.45, 7) is 3.47. The smallest absolute Gasteiger partial charge is 0.168 e. The summed E-state index contributed by atoms with van der Waals surface area (Å²) in [5, 5.41) is 0. The Bertz CT molecular complexity index is 320. The van der Waals surface area contributed by atoms with E-state index in [1.54, 1.807) is 0 Å². The highest BCUT2D eigenvalue weighted by Crippen LogP contribution is 2.12. The van der Waals surface area contributed by atoms with E-state index in [0.29, 0.717) is 0 Å². The van der Waals surface area contributed by atoms with E-state index >= 15 is 0 Å². The average Bonchev–Trinajstić information content (AvgIpc) is 2.56. The fraction of sp³-hybridized carbons (Fsp3) is 0.727. The van der Waals surface area contributed by atoms with Gasteiger partial charge in [0.25, 0.3) is 0 Å². The summed E-state index contributed by atoms with van der Waals surface area (Å²) in [5.41, 5.74) is 0. The van der Waals surface area contributed by atoms with Gasteiger partial charge in [-0.15, -0.1) is 0 Å². The van der Waals surface area contributed by atoms with Crippen molar-refractivity contribution in [2.75, 3.05) is 0 Å². The Kier molecular flexibility index (Phi) is 16.9. The van der Waals surface area contributed by atoms with Crippen LogP contribution in [0.3, 0.4) is 0 Å². The topological polar surface area (TPSA) is 3.88 Å². The molecule has 0 aliphatic rings. The number of hydrogen-bond donors (Lipinski definition) is 0. The van der Waals surface area contributed by atoms with Crippen LogP contribution in [0, 0.1) is 7.43 Å². The first-order valence-electron chi connectivity index (χ1n) is 9.87. The van der Waals surface area contributed by atoms with Gasteiger partial charge in [0.05, 0.1) is 0 Å². The molecule has 1 rings (SSSR count). The standard InChI is InChI=1S/C21H38N.CH3/c1-2-3-4-5-6-7-8-9-10-11-12-13-14-16-19-22-20-17-15-18-21-22;/h15,17-18,20-21H,2-14,16,19H2,1H3;1H3/q+1;-1. The number of nitrogens with zero attached hydrogens (tertiary/aromatic N) is 1. The summed E-state index contributed by atoms with van der Waals surface area (Å²) in [7, 11) is 0. The number of hydrogen-bond acceptors (Lipinski definition) is 0. The molecule has 0 radical (unpaired) electrons. The molecule has 1 heteroatoms. The minimum Gasteiger partial charge on any atom is -0.358 e. The second-order valence-electron chi connectivity index (χ2n) is 6.71. The predicted octanol–water partition coefficient (Wildman–Crippen LogP) is 6.91. The Balaban J connectivity index is 0.00000484. The summed E-state index contributed by atoms with van der Waals surface area (Å²) in [6.07, 6.45) is 24.4. The summed E-state index contributed by atoms with van der Waals surface area (Å²) < 4.78 is 2.29. The van der Waals surface area contributed by atoms with E-state index in [0.717, 1.165) is 0 Å². The third-order valence-electron chi connectivity index (χ3n) is 4.55. The van der Waals surface area contributed by atoms with Gasteiger partial charge >= 0.3 is 0 Å². The molecule has 0 aliphatic carbocycles. The maximum atomic E-state index is 2.29. The molecule has 0 N–H and O–H groups in total. The van der Waals surface area contributed by atoms with Gasteiger partial charge in [0.1, 0.15) is 6.54 Å². The molecule has 1 aromatic heterocycles. The third kappa shape index (κ3) is 14.5. The van der Waals surface area contributed by atoms with Crippen molar-refractivity contribution in [3.63, 3.8) is 0 Å². The van der Waals surface area contributed by atoms with Crippen LogP contribution < -0.4 is 4.57 Å². The van der Waals surface area contributed by atoms with E-state index in [9.17, 15) is 0 Å². The van der Waals surface area contributed by atoms with Gasteiger partial charge in [0, 0.05) is 18.6 Å². The largest absolute Gasteiger partial charge is 0.358 e. The molecule has 23 heavy (non-hydrogen) atoms. The fourth-order valence-electron chi connectivity index (χ4n) is 3.07. The van der Waals surface area contributed by atoms with Crippen LogP contribution in [0.25, 0.3) is 0 Å². The van der Waals surface area contributed by atoms with Crippen LogP contribution in [0.15, 0.2) is 30.6 Å². The quantitative estimate of drug-likeness (QED) is 0.188. The van der Waals surface area contributed by atoms with Crippen molar-refractivity contribution in [1.29, 1.82) is 0 Å². The van der Waals surface area contributed by atoms with Gasteiger partial charge in [-0.05, 0) is 6.42 Å². The van der Waals surface area contributed by atoms with Crippen molar-refractivity contribution >= 4 is 0 Å². The monoisotopic (exact) mass is 319 g/mol. The second-order valence-corrected chi connectivity index (χ2v) is 6.71. The van der Waals surface area contributed by atoms with Crippen molar-refractivity contribution in [1.82, 2.24) is 0 Å². The lowest BCUT2D eigenvalue weighted by atomic mass is 10.0. The molecule has 0 fully saturated rings. The van der Waals surface area contributed by atoms with E-state index in [1.165, 1.54) is 96.4 Å². The summed E-state index contributed by atoms with van der Waals surface area (Å²) in [4.78, 5) is 0. The molecule has 1 heterocycles. The first-order valence-corrected chi connectivity index (χ1v) is 9.87. The Labute approximate surface area is 146 Å². The average molecular weight is 320 g/mol. The molecular formula is C22H41N. The van der Waals surface area contributed by atoms with Crippen molar-refractivity contribution in [3.8, 4) is 0 Å². The highest BCUT2D eigenvalue weighted by atomic mass is 14.9. The molecule has 1 aromatic rings.